The van der Waals surface area contributed by atoms with E-state index in [4.69, 9.17) is 5.53 Å². The number of Topliss-reactive ketones (excluding diaryl/α,β-unsaturated/α-hetero) is 2. The fraction of sp³-hybridized carbons (Fsp3) is 0.556. The Hall–Kier alpha value is -1.81. The van der Waals surface area contributed by atoms with E-state index in [1.165, 1.54) is 0 Å². The van der Waals surface area contributed by atoms with Gasteiger partial charge in [-0.3, -0.25) is 14.4 Å². The quantitative estimate of drug-likeness (QED) is 0.206. The molecule has 0 aromatic heterocycles. The zero-order valence-corrected chi connectivity index (χ0v) is 8.65. The molecule has 0 aromatic rings. The molecule has 0 unspecified atom stereocenters. The number of nitrogens with zero attached hydrogens (tertiary/aromatic N) is 2. The van der Waals surface area contributed by atoms with Gasteiger partial charge in [0.1, 0.15) is 6.42 Å². The van der Waals surface area contributed by atoms with Crippen molar-refractivity contribution in [1.29, 1.82) is 0 Å². The molecule has 0 aliphatic rings. The Morgan fingerprint density at radius 1 is 1.27 bits per heavy atom. The van der Waals surface area contributed by atoms with Gasteiger partial charge in [-0.25, -0.2) is 0 Å². The van der Waals surface area contributed by atoms with Gasteiger partial charge in [-0.05, 0) is 6.42 Å². The number of methoxy groups -OCH3 is 1. The molecule has 0 spiro atoms. The Labute approximate surface area is 86.8 Å². The maximum absolute atomic E-state index is 11.2. The smallest absolute Gasteiger partial charge is 0.400 e. The first-order valence-corrected chi connectivity index (χ1v) is 4.42. The topological polar surface area (TPSA) is 96.8 Å². The van der Waals surface area contributed by atoms with E-state index in [0.29, 0.717) is 6.42 Å². The molecule has 0 aliphatic heterocycles. The molecule has 0 fully saturated rings. The Morgan fingerprint density at radius 2 is 1.87 bits per heavy atom. The number of rotatable bonds is 6. The average molecular weight is 212 g/mol. The fourth-order valence-corrected chi connectivity index (χ4v) is 0.899. The lowest BCUT2D eigenvalue weighted by molar-refractivity contribution is -0.143. The summed E-state index contributed by atoms with van der Waals surface area (Å²) in [6, 6.07) is 0. The van der Waals surface area contributed by atoms with Crippen LogP contribution in [0, 0.1) is 0 Å². The van der Waals surface area contributed by atoms with Crippen molar-refractivity contribution in [3.63, 3.8) is 0 Å². The van der Waals surface area contributed by atoms with Crippen molar-refractivity contribution in [3.8, 4) is 0 Å². The molecule has 6 heteroatoms. The summed E-state index contributed by atoms with van der Waals surface area (Å²) in [4.78, 5) is 35.8. The van der Waals surface area contributed by atoms with Crippen molar-refractivity contribution in [2.24, 2.45) is 0 Å². The van der Waals surface area contributed by atoms with E-state index in [1.807, 2.05) is 0 Å². The summed E-state index contributed by atoms with van der Waals surface area (Å²) in [6.07, 6.45) is 0.0427. The third kappa shape index (κ3) is 4.28. The SMILES string of the molecule is CCCC(=O)C(=[N+]=[N-])C(=O)CC(=O)OC. The van der Waals surface area contributed by atoms with E-state index < -0.39 is 29.7 Å². The fourth-order valence-electron chi connectivity index (χ4n) is 0.899. The molecular weight excluding hydrogens is 200 g/mol. The minimum Gasteiger partial charge on any atom is -0.469 e. The first-order chi connectivity index (χ1) is 7.06. The second-order valence-electron chi connectivity index (χ2n) is 2.80. The molecule has 0 rings (SSSR count). The number of hydrogen-bond acceptors (Lipinski definition) is 4. The zero-order chi connectivity index (χ0) is 11.8. The molecule has 15 heavy (non-hydrogen) atoms. The Morgan fingerprint density at radius 3 is 2.27 bits per heavy atom. The molecule has 0 saturated heterocycles. The van der Waals surface area contributed by atoms with Crippen molar-refractivity contribution < 1.29 is 23.9 Å². The van der Waals surface area contributed by atoms with Gasteiger partial charge in [0.05, 0.1) is 7.11 Å². The number of carbonyl (C=O) groups is 3. The summed E-state index contributed by atoms with van der Waals surface area (Å²) < 4.78 is 4.25. The molecule has 0 atom stereocenters. The van der Waals surface area contributed by atoms with Crippen LogP contribution in [0.3, 0.4) is 0 Å². The molecule has 0 bridgehead atoms. The molecule has 0 aromatic carbocycles. The highest BCUT2D eigenvalue weighted by Gasteiger charge is 2.29. The normalized spacial score (nSPS) is 8.93. The second kappa shape index (κ2) is 6.62. The minimum atomic E-state index is -0.831. The van der Waals surface area contributed by atoms with Crippen LogP contribution in [0.1, 0.15) is 26.2 Å². The third-order valence-electron chi connectivity index (χ3n) is 1.64. The van der Waals surface area contributed by atoms with Gasteiger partial charge in [0, 0.05) is 6.42 Å². The predicted molar refractivity (Wildman–Crippen MR) is 50.2 cm³/mol. The van der Waals surface area contributed by atoms with Crippen LogP contribution in [0.25, 0.3) is 5.53 Å². The van der Waals surface area contributed by atoms with E-state index >= 15 is 0 Å². The van der Waals surface area contributed by atoms with E-state index in [1.54, 1.807) is 6.92 Å². The van der Waals surface area contributed by atoms with E-state index in [-0.39, 0.29) is 6.42 Å². The standard InChI is InChI=1S/C9H12N2O4/c1-3-4-6(12)9(11-10)7(13)5-8(14)15-2/h3-5H2,1-2H3. The van der Waals surface area contributed by atoms with Crippen LogP contribution in [0.2, 0.25) is 0 Å². The summed E-state index contributed by atoms with van der Waals surface area (Å²) in [7, 11) is 1.12. The van der Waals surface area contributed by atoms with Gasteiger partial charge < -0.3 is 10.3 Å². The van der Waals surface area contributed by atoms with Crippen LogP contribution in [0.15, 0.2) is 0 Å². The third-order valence-corrected chi connectivity index (χ3v) is 1.64. The molecule has 0 heterocycles. The van der Waals surface area contributed by atoms with E-state index in [2.05, 4.69) is 9.53 Å². The summed E-state index contributed by atoms with van der Waals surface area (Å²) in [5.74, 6) is -2.18. The van der Waals surface area contributed by atoms with Crippen LogP contribution in [0.4, 0.5) is 0 Å². The van der Waals surface area contributed by atoms with Crippen molar-refractivity contribution in [2.75, 3.05) is 7.11 Å². The van der Waals surface area contributed by atoms with Gasteiger partial charge in [-0.15, -0.1) is 0 Å². The maximum Gasteiger partial charge on any atom is 0.400 e. The number of ether oxygens (including phenoxy) is 1. The van der Waals surface area contributed by atoms with Crippen molar-refractivity contribution in [1.82, 2.24) is 0 Å². The average Bonchev–Trinajstić information content (AvgIpc) is 2.19. The van der Waals surface area contributed by atoms with Gasteiger partial charge >= 0.3 is 11.7 Å². The lowest BCUT2D eigenvalue weighted by atomic mass is 10.1. The Balaban J connectivity index is 4.57. The van der Waals surface area contributed by atoms with Gasteiger partial charge in [0.25, 0.3) is 5.78 Å². The van der Waals surface area contributed by atoms with Crippen molar-refractivity contribution in [3.05, 3.63) is 5.53 Å². The number of esters is 1. The van der Waals surface area contributed by atoms with Crippen molar-refractivity contribution >= 4 is 23.2 Å². The second-order valence-corrected chi connectivity index (χ2v) is 2.80. The van der Waals surface area contributed by atoms with Gasteiger partial charge in [-0.1, -0.05) is 6.92 Å². The highest BCUT2D eigenvalue weighted by molar-refractivity contribution is 6.65. The van der Waals surface area contributed by atoms with Gasteiger partial charge in [0.2, 0.25) is 5.78 Å². The molecule has 0 radical (unpaired) electrons. The zero-order valence-electron chi connectivity index (χ0n) is 8.65. The lowest BCUT2D eigenvalue weighted by Gasteiger charge is -1.95. The maximum atomic E-state index is 11.2. The van der Waals surface area contributed by atoms with Crippen LogP contribution < -0.4 is 0 Å². The van der Waals surface area contributed by atoms with Gasteiger partial charge in [0.15, 0.2) is 0 Å². The molecule has 0 saturated carbocycles. The molecule has 0 amide bonds. The number of ketones is 2. The summed E-state index contributed by atoms with van der Waals surface area (Å²) in [5, 5.41) is 0. The Kier molecular flexibility index (Phi) is 5.82. The predicted octanol–water partition coefficient (Wildman–Crippen LogP) is 0.159. The molecule has 82 valence electrons. The van der Waals surface area contributed by atoms with Crippen molar-refractivity contribution in [2.45, 2.75) is 26.2 Å². The van der Waals surface area contributed by atoms with E-state index in [0.717, 1.165) is 7.11 Å². The monoisotopic (exact) mass is 212 g/mol. The number of carbonyl (C=O) groups excluding carboxylic acids is 3. The summed E-state index contributed by atoms with van der Waals surface area (Å²) in [6.45, 7) is 1.75. The van der Waals surface area contributed by atoms with Crippen LogP contribution in [-0.4, -0.2) is 35.1 Å². The van der Waals surface area contributed by atoms with Crippen LogP contribution >= 0.6 is 0 Å². The summed E-state index contributed by atoms with van der Waals surface area (Å²) in [5.41, 5.74) is 7.88. The first-order valence-electron chi connectivity index (χ1n) is 4.42. The highest BCUT2D eigenvalue weighted by atomic mass is 16.5. The highest BCUT2D eigenvalue weighted by Crippen LogP contribution is 1.96. The van der Waals surface area contributed by atoms with Crippen LogP contribution in [-0.2, 0) is 19.1 Å². The Bertz CT molecular complexity index is 329. The van der Waals surface area contributed by atoms with Crippen LogP contribution in [0.5, 0.6) is 0 Å². The summed E-state index contributed by atoms with van der Waals surface area (Å²) >= 11 is 0. The minimum absolute atomic E-state index is 0.103. The number of hydrogen-bond donors (Lipinski definition) is 0. The molecular formula is C9H12N2O4. The molecule has 6 nitrogen and oxygen atoms in total. The molecule has 0 aliphatic carbocycles. The van der Waals surface area contributed by atoms with Gasteiger partial charge in [-0.2, -0.15) is 4.79 Å². The largest absolute Gasteiger partial charge is 0.469 e. The van der Waals surface area contributed by atoms with E-state index in [9.17, 15) is 14.4 Å². The first kappa shape index (κ1) is 13.2. The molecule has 0 N–H and O–H groups in total. The lowest BCUT2D eigenvalue weighted by Crippen LogP contribution is -2.27.